The Labute approximate surface area is 145 Å². The number of amides is 1. The summed E-state index contributed by atoms with van der Waals surface area (Å²) in [5.41, 5.74) is 0.626. The molecule has 1 unspecified atom stereocenters. The van der Waals surface area contributed by atoms with Gasteiger partial charge in [0.2, 0.25) is 0 Å². The maximum Gasteiger partial charge on any atom is 0.251 e. The van der Waals surface area contributed by atoms with Gasteiger partial charge in [-0.25, -0.2) is 0 Å². The zero-order valence-electron chi connectivity index (χ0n) is 14.7. The smallest absolute Gasteiger partial charge is 0.251 e. The van der Waals surface area contributed by atoms with E-state index < -0.39 is 0 Å². The van der Waals surface area contributed by atoms with Crippen LogP contribution in [0.5, 0.6) is 5.75 Å². The quantitative estimate of drug-likeness (QED) is 0.644. The Morgan fingerprint density at radius 3 is 2.58 bits per heavy atom. The van der Waals surface area contributed by atoms with Gasteiger partial charge in [-0.15, -0.1) is 0 Å². The molecule has 1 aromatic carbocycles. The first-order chi connectivity index (χ1) is 11.7. The van der Waals surface area contributed by atoms with Crippen LogP contribution in [0.4, 0.5) is 0 Å². The SMILES string of the molecule is C=C1OCCC1NC(=O)c1ccc(OCCCCCCCC)cc1. The molecule has 0 spiro atoms. The normalized spacial score (nSPS) is 16.7. The predicted octanol–water partition coefficient (Wildman–Crippen LogP) is 4.46. The second kappa shape index (κ2) is 10.0. The summed E-state index contributed by atoms with van der Waals surface area (Å²) in [6.07, 6.45) is 8.28. The second-order valence-corrected chi connectivity index (χ2v) is 6.27. The van der Waals surface area contributed by atoms with E-state index in [0.717, 1.165) is 25.2 Å². The highest BCUT2D eigenvalue weighted by Gasteiger charge is 2.22. The summed E-state index contributed by atoms with van der Waals surface area (Å²) in [5.74, 6) is 1.35. The summed E-state index contributed by atoms with van der Waals surface area (Å²) < 4.78 is 11.0. The van der Waals surface area contributed by atoms with E-state index in [1.54, 1.807) is 12.1 Å². The number of nitrogens with one attached hydrogen (secondary N) is 1. The maximum atomic E-state index is 12.2. The number of rotatable bonds is 10. The van der Waals surface area contributed by atoms with Gasteiger partial charge in [0, 0.05) is 12.0 Å². The minimum atomic E-state index is -0.103. The van der Waals surface area contributed by atoms with Crippen LogP contribution in [0.2, 0.25) is 0 Å². The molecule has 1 saturated heterocycles. The van der Waals surface area contributed by atoms with E-state index in [2.05, 4.69) is 18.8 Å². The average molecular weight is 331 g/mol. The van der Waals surface area contributed by atoms with E-state index in [1.165, 1.54) is 32.1 Å². The molecule has 1 atom stereocenters. The second-order valence-electron chi connectivity index (χ2n) is 6.27. The lowest BCUT2D eigenvalue weighted by molar-refractivity contribution is 0.0941. The Morgan fingerprint density at radius 1 is 1.21 bits per heavy atom. The fraction of sp³-hybridized carbons (Fsp3) is 0.550. The van der Waals surface area contributed by atoms with Gasteiger partial charge in [0.05, 0.1) is 19.3 Å². The van der Waals surface area contributed by atoms with Crippen molar-refractivity contribution in [1.82, 2.24) is 5.32 Å². The molecule has 2 rings (SSSR count). The van der Waals surface area contributed by atoms with E-state index in [-0.39, 0.29) is 11.9 Å². The third-order valence-corrected chi connectivity index (χ3v) is 4.27. The molecular formula is C20H29NO3. The lowest BCUT2D eigenvalue weighted by atomic mass is 10.1. The minimum Gasteiger partial charge on any atom is -0.496 e. The zero-order chi connectivity index (χ0) is 17.2. The maximum absolute atomic E-state index is 12.2. The number of ether oxygens (including phenoxy) is 2. The van der Waals surface area contributed by atoms with E-state index in [1.807, 2.05) is 12.1 Å². The van der Waals surface area contributed by atoms with Crippen LogP contribution >= 0.6 is 0 Å². The molecular weight excluding hydrogens is 302 g/mol. The summed E-state index contributed by atoms with van der Waals surface area (Å²) in [7, 11) is 0. The molecule has 0 radical (unpaired) electrons. The van der Waals surface area contributed by atoms with E-state index >= 15 is 0 Å². The first-order valence-corrected chi connectivity index (χ1v) is 9.06. The summed E-state index contributed by atoms with van der Waals surface area (Å²) in [4.78, 5) is 12.2. The highest BCUT2D eigenvalue weighted by atomic mass is 16.5. The van der Waals surface area contributed by atoms with Crippen LogP contribution in [0.25, 0.3) is 0 Å². The molecule has 1 amide bonds. The molecule has 1 N–H and O–H groups in total. The Bertz CT molecular complexity index is 524. The van der Waals surface area contributed by atoms with Crippen molar-refractivity contribution in [3.63, 3.8) is 0 Å². The van der Waals surface area contributed by atoms with E-state index in [0.29, 0.717) is 17.9 Å². The first-order valence-electron chi connectivity index (χ1n) is 9.06. The molecule has 0 aliphatic carbocycles. The molecule has 4 heteroatoms. The van der Waals surface area contributed by atoms with Crippen molar-refractivity contribution < 1.29 is 14.3 Å². The van der Waals surface area contributed by atoms with Crippen molar-refractivity contribution in [2.24, 2.45) is 0 Å². The molecule has 0 aromatic heterocycles. The molecule has 1 aromatic rings. The van der Waals surface area contributed by atoms with Gasteiger partial charge in [0.15, 0.2) is 0 Å². The van der Waals surface area contributed by atoms with Crippen LogP contribution in [0, 0.1) is 0 Å². The molecule has 4 nitrogen and oxygen atoms in total. The highest BCUT2D eigenvalue weighted by molar-refractivity contribution is 5.94. The first kappa shape index (κ1) is 18.4. The van der Waals surface area contributed by atoms with Crippen molar-refractivity contribution in [1.29, 1.82) is 0 Å². The van der Waals surface area contributed by atoms with Crippen LogP contribution < -0.4 is 10.1 Å². The van der Waals surface area contributed by atoms with E-state index in [9.17, 15) is 4.79 Å². The average Bonchev–Trinajstić information content (AvgIpc) is 2.99. The molecule has 1 fully saturated rings. The predicted molar refractivity (Wildman–Crippen MR) is 96.3 cm³/mol. The zero-order valence-corrected chi connectivity index (χ0v) is 14.7. The molecule has 132 valence electrons. The topological polar surface area (TPSA) is 47.6 Å². The lowest BCUT2D eigenvalue weighted by Crippen LogP contribution is -2.33. The number of carbonyl (C=O) groups excluding carboxylic acids is 1. The Hall–Kier alpha value is -1.97. The third kappa shape index (κ3) is 5.91. The van der Waals surface area contributed by atoms with Gasteiger partial charge in [-0.3, -0.25) is 4.79 Å². The van der Waals surface area contributed by atoms with Gasteiger partial charge < -0.3 is 14.8 Å². The molecule has 0 saturated carbocycles. The largest absolute Gasteiger partial charge is 0.496 e. The van der Waals surface area contributed by atoms with E-state index in [4.69, 9.17) is 9.47 Å². The Morgan fingerprint density at radius 2 is 1.92 bits per heavy atom. The van der Waals surface area contributed by atoms with Crippen molar-refractivity contribution in [3.05, 3.63) is 42.2 Å². The number of carbonyl (C=O) groups is 1. The minimum absolute atomic E-state index is 0.0823. The summed E-state index contributed by atoms with van der Waals surface area (Å²) >= 11 is 0. The fourth-order valence-electron chi connectivity index (χ4n) is 2.74. The summed E-state index contributed by atoms with van der Waals surface area (Å²) in [5, 5.41) is 2.94. The molecule has 0 bridgehead atoms. The number of unbranched alkanes of at least 4 members (excludes halogenated alkanes) is 5. The van der Waals surface area contributed by atoms with Gasteiger partial charge in [0.1, 0.15) is 11.5 Å². The van der Waals surface area contributed by atoms with Crippen LogP contribution in [0.1, 0.15) is 62.2 Å². The van der Waals surface area contributed by atoms with Crippen LogP contribution in [-0.2, 0) is 4.74 Å². The Kier molecular flexibility index (Phi) is 7.66. The molecule has 1 aliphatic heterocycles. The molecule has 1 heterocycles. The third-order valence-electron chi connectivity index (χ3n) is 4.27. The molecule has 24 heavy (non-hydrogen) atoms. The van der Waals surface area contributed by atoms with Crippen LogP contribution in [-0.4, -0.2) is 25.2 Å². The van der Waals surface area contributed by atoms with Crippen LogP contribution in [0.3, 0.4) is 0 Å². The fourth-order valence-corrected chi connectivity index (χ4v) is 2.74. The highest BCUT2D eigenvalue weighted by Crippen LogP contribution is 2.17. The number of hydrogen-bond donors (Lipinski definition) is 1. The van der Waals surface area contributed by atoms with Gasteiger partial charge >= 0.3 is 0 Å². The Balaban J connectivity index is 1.68. The summed E-state index contributed by atoms with van der Waals surface area (Å²) in [6, 6.07) is 7.22. The van der Waals surface area contributed by atoms with Gasteiger partial charge in [0.25, 0.3) is 5.91 Å². The van der Waals surface area contributed by atoms with Gasteiger partial charge in [-0.05, 0) is 30.7 Å². The van der Waals surface area contributed by atoms with Gasteiger partial charge in [-0.1, -0.05) is 45.6 Å². The number of hydrogen-bond acceptors (Lipinski definition) is 3. The summed E-state index contributed by atoms with van der Waals surface area (Å²) in [6.45, 7) is 7.38. The van der Waals surface area contributed by atoms with Crippen LogP contribution in [0.15, 0.2) is 36.6 Å². The molecule has 1 aliphatic rings. The lowest BCUT2D eigenvalue weighted by Gasteiger charge is -2.12. The van der Waals surface area contributed by atoms with Gasteiger partial charge in [-0.2, -0.15) is 0 Å². The monoisotopic (exact) mass is 331 g/mol. The van der Waals surface area contributed by atoms with Crippen molar-refractivity contribution in [2.45, 2.75) is 57.9 Å². The number of benzene rings is 1. The van der Waals surface area contributed by atoms with Crippen molar-refractivity contribution in [2.75, 3.05) is 13.2 Å². The van der Waals surface area contributed by atoms with Crippen molar-refractivity contribution in [3.8, 4) is 5.75 Å². The van der Waals surface area contributed by atoms with Crippen molar-refractivity contribution >= 4 is 5.91 Å². The standard InChI is InChI=1S/C20H29NO3/c1-3-4-5-6-7-8-14-24-18-11-9-17(10-12-18)20(22)21-19-13-15-23-16(19)2/h9-12,19H,2-8,13-15H2,1H3,(H,21,22).